The molecule has 260 valence electrons. The molecule has 0 bridgehead atoms. The van der Waals surface area contributed by atoms with E-state index < -0.39 is 0 Å². The molecule has 2 heteroatoms. The molecule has 2 nitrogen and oxygen atoms in total. The lowest BCUT2D eigenvalue weighted by Gasteiger charge is -2.33. The Balaban J connectivity index is 1.04. The standard InChI is InChI=1S/C52H42N2/c1-35-32-41(53(39-16-8-5-9-17-39)42-28-30-45-44-18-10-12-20-48(44)52(2,3)49(45)34-42)27-29-43(35)38-24-31-51-47(33-38)46-19-11-13-21-50(46)54(51)40-25-22-37(23-26-40)36-14-6-4-7-15-36/h4-31,33-35H,32H2,1-3H3. The lowest BCUT2D eigenvalue weighted by Crippen LogP contribution is -2.21. The second-order valence-electron chi connectivity index (χ2n) is 15.5. The van der Waals surface area contributed by atoms with E-state index in [0.717, 1.165) is 6.42 Å². The summed E-state index contributed by atoms with van der Waals surface area (Å²) in [6.45, 7) is 7.11. The Hall–Kier alpha value is -6.38. The summed E-state index contributed by atoms with van der Waals surface area (Å²) >= 11 is 0. The van der Waals surface area contributed by atoms with Gasteiger partial charge in [-0.2, -0.15) is 0 Å². The molecule has 8 aromatic rings. The zero-order valence-electron chi connectivity index (χ0n) is 31.0. The van der Waals surface area contributed by atoms with E-state index in [9.17, 15) is 0 Å². The summed E-state index contributed by atoms with van der Waals surface area (Å²) in [5, 5.41) is 2.56. The van der Waals surface area contributed by atoms with Crippen molar-refractivity contribution in [2.45, 2.75) is 32.6 Å². The molecule has 1 heterocycles. The van der Waals surface area contributed by atoms with Gasteiger partial charge < -0.3 is 9.47 Å². The number of hydrogen-bond donors (Lipinski definition) is 0. The van der Waals surface area contributed by atoms with E-state index in [-0.39, 0.29) is 5.41 Å². The van der Waals surface area contributed by atoms with Crippen LogP contribution in [0.15, 0.2) is 188 Å². The van der Waals surface area contributed by atoms with Gasteiger partial charge in [0.2, 0.25) is 0 Å². The second kappa shape index (κ2) is 12.6. The van der Waals surface area contributed by atoms with Gasteiger partial charge in [0.15, 0.2) is 0 Å². The van der Waals surface area contributed by atoms with Crippen molar-refractivity contribution in [1.82, 2.24) is 4.57 Å². The van der Waals surface area contributed by atoms with Crippen molar-refractivity contribution in [1.29, 1.82) is 0 Å². The molecule has 0 saturated heterocycles. The van der Waals surface area contributed by atoms with E-state index in [4.69, 9.17) is 0 Å². The van der Waals surface area contributed by atoms with Crippen molar-refractivity contribution in [3.63, 3.8) is 0 Å². The minimum absolute atomic E-state index is 0.0566. The Bertz CT molecular complexity index is 2760. The van der Waals surface area contributed by atoms with Crippen molar-refractivity contribution < 1.29 is 0 Å². The molecule has 1 aromatic heterocycles. The second-order valence-corrected chi connectivity index (χ2v) is 15.5. The van der Waals surface area contributed by atoms with Crippen molar-refractivity contribution in [2.75, 3.05) is 4.90 Å². The third-order valence-electron chi connectivity index (χ3n) is 11.9. The van der Waals surface area contributed by atoms with E-state index in [1.165, 1.54) is 89.1 Å². The van der Waals surface area contributed by atoms with Crippen LogP contribution in [0.2, 0.25) is 0 Å². The third kappa shape index (κ3) is 5.16. The number of aromatic nitrogens is 1. The maximum absolute atomic E-state index is 2.48. The van der Waals surface area contributed by atoms with Crippen molar-refractivity contribution in [3.8, 4) is 27.9 Å². The van der Waals surface area contributed by atoms with Gasteiger partial charge in [0, 0.05) is 38.9 Å². The first-order valence-electron chi connectivity index (χ1n) is 19.2. The number of allylic oxidation sites excluding steroid dienone is 4. The van der Waals surface area contributed by atoms with Crippen LogP contribution in [-0.4, -0.2) is 4.57 Å². The molecule has 0 radical (unpaired) electrons. The highest BCUT2D eigenvalue weighted by molar-refractivity contribution is 6.10. The number of fused-ring (bicyclic) bond motifs is 6. The Morgan fingerprint density at radius 3 is 1.96 bits per heavy atom. The molecular formula is C52H42N2. The molecule has 54 heavy (non-hydrogen) atoms. The maximum atomic E-state index is 2.48. The Kier molecular flexibility index (Phi) is 7.56. The molecular weight excluding hydrogens is 653 g/mol. The maximum Gasteiger partial charge on any atom is 0.0541 e. The molecule has 0 spiro atoms. The lowest BCUT2D eigenvalue weighted by molar-refractivity contribution is 0.660. The zero-order valence-corrected chi connectivity index (χ0v) is 31.0. The quantitative estimate of drug-likeness (QED) is 0.168. The van der Waals surface area contributed by atoms with E-state index >= 15 is 0 Å². The van der Waals surface area contributed by atoms with E-state index in [1.54, 1.807) is 0 Å². The summed E-state index contributed by atoms with van der Waals surface area (Å²) in [6.07, 6.45) is 5.67. The zero-order chi connectivity index (χ0) is 36.4. The van der Waals surface area contributed by atoms with Crippen LogP contribution < -0.4 is 4.90 Å². The normalized spacial score (nSPS) is 15.8. The lowest BCUT2D eigenvalue weighted by atomic mass is 9.82. The minimum Gasteiger partial charge on any atom is -0.314 e. The fourth-order valence-corrected chi connectivity index (χ4v) is 9.14. The third-order valence-corrected chi connectivity index (χ3v) is 11.9. The first-order chi connectivity index (χ1) is 26.5. The Labute approximate surface area is 318 Å². The topological polar surface area (TPSA) is 8.17 Å². The van der Waals surface area contributed by atoms with E-state index in [0.29, 0.717) is 5.92 Å². The van der Waals surface area contributed by atoms with Crippen LogP contribution in [0.1, 0.15) is 43.9 Å². The monoisotopic (exact) mass is 694 g/mol. The molecule has 2 aliphatic carbocycles. The Morgan fingerprint density at radius 1 is 0.519 bits per heavy atom. The van der Waals surface area contributed by atoms with E-state index in [2.05, 4.69) is 212 Å². The number of para-hydroxylation sites is 2. The average molecular weight is 695 g/mol. The fraction of sp³-hybridized carbons (Fsp3) is 0.115. The van der Waals surface area contributed by atoms with Gasteiger partial charge in [-0.1, -0.05) is 142 Å². The summed E-state index contributed by atoms with van der Waals surface area (Å²) in [5.74, 6) is 0.336. The molecule has 0 fully saturated rings. The highest BCUT2D eigenvalue weighted by Gasteiger charge is 2.36. The highest BCUT2D eigenvalue weighted by atomic mass is 15.1. The summed E-state index contributed by atoms with van der Waals surface area (Å²) < 4.78 is 2.41. The first kappa shape index (κ1) is 32.3. The molecule has 0 N–H and O–H groups in total. The summed E-state index contributed by atoms with van der Waals surface area (Å²) in [5.41, 5.74) is 17.9. The van der Waals surface area contributed by atoms with Gasteiger partial charge in [-0.15, -0.1) is 0 Å². The number of hydrogen-bond acceptors (Lipinski definition) is 1. The van der Waals surface area contributed by atoms with Crippen LogP contribution in [0.5, 0.6) is 0 Å². The molecule has 1 unspecified atom stereocenters. The molecule has 0 aliphatic heterocycles. The number of rotatable bonds is 6. The molecule has 0 amide bonds. The molecule has 7 aromatic carbocycles. The SMILES string of the molecule is CC1CC(N(c2ccccc2)c2ccc3c(c2)C(C)(C)c2ccccc2-3)=CC=C1c1ccc2c(c1)c1ccccc1n2-c1ccc(-c2ccccc2)cc1. The smallest absolute Gasteiger partial charge is 0.0541 e. The van der Waals surface area contributed by atoms with Crippen molar-refractivity contribution >= 4 is 38.8 Å². The van der Waals surface area contributed by atoms with Gasteiger partial charge in [0.25, 0.3) is 0 Å². The number of nitrogens with zero attached hydrogens (tertiary/aromatic N) is 2. The molecule has 1 atom stereocenters. The summed E-state index contributed by atoms with van der Waals surface area (Å²) in [4.78, 5) is 2.48. The van der Waals surface area contributed by atoms with Crippen molar-refractivity contribution in [3.05, 3.63) is 204 Å². The van der Waals surface area contributed by atoms with Gasteiger partial charge >= 0.3 is 0 Å². The largest absolute Gasteiger partial charge is 0.314 e. The summed E-state index contributed by atoms with van der Waals surface area (Å²) in [6, 6.07) is 62.3. The van der Waals surface area contributed by atoms with Gasteiger partial charge in [0.1, 0.15) is 0 Å². The average Bonchev–Trinajstić information content (AvgIpc) is 3.67. The minimum atomic E-state index is -0.0566. The van der Waals surface area contributed by atoms with Gasteiger partial charge in [-0.3, -0.25) is 0 Å². The Morgan fingerprint density at radius 2 is 1.17 bits per heavy atom. The van der Waals surface area contributed by atoms with Crippen LogP contribution in [0, 0.1) is 5.92 Å². The number of benzene rings is 7. The van der Waals surface area contributed by atoms with Crippen LogP contribution in [-0.2, 0) is 5.41 Å². The van der Waals surface area contributed by atoms with E-state index in [1.807, 2.05) is 0 Å². The predicted molar refractivity (Wildman–Crippen MR) is 229 cm³/mol. The fourth-order valence-electron chi connectivity index (χ4n) is 9.14. The van der Waals surface area contributed by atoms with Crippen LogP contribution in [0.25, 0.3) is 55.3 Å². The molecule has 0 saturated carbocycles. The predicted octanol–water partition coefficient (Wildman–Crippen LogP) is 13.9. The van der Waals surface area contributed by atoms with Crippen LogP contribution in [0.4, 0.5) is 11.4 Å². The van der Waals surface area contributed by atoms with Crippen molar-refractivity contribution in [2.24, 2.45) is 5.92 Å². The van der Waals surface area contributed by atoms with Gasteiger partial charge in [-0.25, -0.2) is 0 Å². The van der Waals surface area contributed by atoms with Crippen LogP contribution in [0.3, 0.4) is 0 Å². The highest BCUT2D eigenvalue weighted by Crippen LogP contribution is 2.50. The summed E-state index contributed by atoms with van der Waals surface area (Å²) in [7, 11) is 0. The van der Waals surface area contributed by atoms with Gasteiger partial charge in [-0.05, 0) is 118 Å². The molecule has 10 rings (SSSR count). The number of anilines is 2. The van der Waals surface area contributed by atoms with Crippen LogP contribution >= 0.6 is 0 Å². The van der Waals surface area contributed by atoms with Gasteiger partial charge in [0.05, 0.1) is 11.0 Å². The molecule has 2 aliphatic rings. The first-order valence-corrected chi connectivity index (χ1v) is 19.2.